The van der Waals surface area contributed by atoms with Crippen LogP contribution in [0.25, 0.3) is 0 Å². The van der Waals surface area contributed by atoms with Gasteiger partial charge in [0.05, 0.1) is 10.8 Å². The molecule has 3 rings (SSSR count). The molecule has 2 aliphatic rings. The van der Waals surface area contributed by atoms with E-state index in [1.165, 1.54) is 0 Å². The first-order valence-corrected chi connectivity index (χ1v) is 12.4. The highest BCUT2D eigenvalue weighted by Gasteiger charge is 2.33. The van der Waals surface area contributed by atoms with Crippen molar-refractivity contribution >= 4 is 21.8 Å². The number of carbonyl (C=O) groups excluding carboxylic acids is 2. The van der Waals surface area contributed by atoms with Gasteiger partial charge in [-0.1, -0.05) is 24.6 Å². The van der Waals surface area contributed by atoms with E-state index in [1.54, 1.807) is 24.3 Å². The molecule has 2 fully saturated rings. The predicted molar refractivity (Wildman–Crippen MR) is 115 cm³/mol. The number of nitrogens with one attached hydrogen (secondary N) is 1. The fourth-order valence-corrected chi connectivity index (χ4v) is 5.46. The molecule has 0 bridgehead atoms. The van der Waals surface area contributed by atoms with Gasteiger partial charge in [0.25, 0.3) is 0 Å². The largest absolute Gasteiger partial charge is 0.342 e. The molecule has 0 aliphatic carbocycles. The molecule has 0 radical (unpaired) electrons. The van der Waals surface area contributed by atoms with Crippen LogP contribution in [-0.2, 0) is 19.6 Å². The van der Waals surface area contributed by atoms with Crippen molar-refractivity contribution in [3.63, 3.8) is 0 Å². The number of nitrogens with zero attached hydrogens (tertiary/aromatic N) is 2. The fraction of sp³-hybridized carbons (Fsp3) is 0.636. The van der Waals surface area contributed by atoms with Crippen LogP contribution in [0.2, 0.25) is 0 Å². The molecule has 0 aromatic heterocycles. The Morgan fingerprint density at radius 1 is 1.03 bits per heavy atom. The third-order valence-electron chi connectivity index (χ3n) is 6.15. The van der Waals surface area contributed by atoms with Crippen molar-refractivity contribution in [2.45, 2.75) is 50.8 Å². The molecule has 8 heteroatoms. The second-order valence-corrected chi connectivity index (χ2v) is 10.3. The summed E-state index contributed by atoms with van der Waals surface area (Å²) in [6.45, 7) is 6.60. The van der Waals surface area contributed by atoms with Gasteiger partial charge in [-0.05, 0) is 50.7 Å². The van der Waals surface area contributed by atoms with Gasteiger partial charge in [0, 0.05) is 39.1 Å². The van der Waals surface area contributed by atoms with Crippen LogP contribution in [-0.4, -0.2) is 62.8 Å². The highest BCUT2D eigenvalue weighted by atomic mass is 32.2. The summed E-state index contributed by atoms with van der Waals surface area (Å²) in [5.41, 5.74) is 1.01. The zero-order valence-electron chi connectivity index (χ0n) is 18.0. The first kappa shape index (κ1) is 22.7. The number of benzene rings is 1. The van der Waals surface area contributed by atoms with Gasteiger partial charge in [-0.2, -0.15) is 0 Å². The summed E-state index contributed by atoms with van der Waals surface area (Å²) in [6.07, 6.45) is 3.90. The second kappa shape index (κ2) is 9.92. The lowest BCUT2D eigenvalue weighted by Gasteiger charge is -2.38. The molecule has 2 atom stereocenters. The lowest BCUT2D eigenvalue weighted by molar-refractivity contribution is -0.142. The number of hydrogen-bond donors (Lipinski definition) is 1. The van der Waals surface area contributed by atoms with Crippen molar-refractivity contribution in [3.05, 3.63) is 29.8 Å². The van der Waals surface area contributed by atoms with E-state index in [4.69, 9.17) is 0 Å². The van der Waals surface area contributed by atoms with Gasteiger partial charge in [0.15, 0.2) is 0 Å². The van der Waals surface area contributed by atoms with Crippen molar-refractivity contribution in [1.82, 2.24) is 14.5 Å². The topological polar surface area (TPSA) is 86.8 Å². The number of aryl methyl sites for hydroxylation is 1. The van der Waals surface area contributed by atoms with Gasteiger partial charge < -0.3 is 9.80 Å². The van der Waals surface area contributed by atoms with E-state index in [9.17, 15) is 18.0 Å². The van der Waals surface area contributed by atoms with Crippen molar-refractivity contribution in [3.8, 4) is 0 Å². The maximum absolute atomic E-state index is 13.1. The number of sulfonamides is 1. The zero-order valence-corrected chi connectivity index (χ0v) is 18.8. The molecule has 1 N–H and O–H groups in total. The third-order valence-corrected chi connectivity index (χ3v) is 7.59. The van der Waals surface area contributed by atoms with E-state index in [1.807, 2.05) is 23.6 Å². The van der Waals surface area contributed by atoms with E-state index in [-0.39, 0.29) is 28.5 Å². The molecule has 2 unspecified atom stereocenters. The van der Waals surface area contributed by atoms with E-state index in [2.05, 4.69) is 4.72 Å². The molecular formula is C22H33N3O4S. The van der Waals surface area contributed by atoms with Crippen LogP contribution in [0.3, 0.4) is 0 Å². The molecule has 0 saturated carbocycles. The summed E-state index contributed by atoms with van der Waals surface area (Å²) >= 11 is 0. The highest BCUT2D eigenvalue weighted by molar-refractivity contribution is 7.89. The highest BCUT2D eigenvalue weighted by Crippen LogP contribution is 2.24. The van der Waals surface area contributed by atoms with Crippen LogP contribution >= 0.6 is 0 Å². The smallest absolute Gasteiger partial charge is 0.240 e. The summed E-state index contributed by atoms with van der Waals surface area (Å²) in [4.78, 5) is 29.0. The van der Waals surface area contributed by atoms with Crippen LogP contribution in [0.1, 0.15) is 44.6 Å². The van der Waals surface area contributed by atoms with Crippen LogP contribution in [0.5, 0.6) is 0 Å². The van der Waals surface area contributed by atoms with Gasteiger partial charge in [0.2, 0.25) is 21.8 Å². The first-order chi connectivity index (χ1) is 14.3. The summed E-state index contributed by atoms with van der Waals surface area (Å²) in [5.74, 6) is 0.168. The van der Waals surface area contributed by atoms with E-state index in [0.29, 0.717) is 32.6 Å². The molecule has 1 aromatic carbocycles. The zero-order chi connectivity index (χ0) is 21.7. The predicted octanol–water partition coefficient (Wildman–Crippen LogP) is 2.16. The second-order valence-electron chi connectivity index (χ2n) is 8.49. The number of carbonyl (C=O) groups is 2. The van der Waals surface area contributed by atoms with Crippen LogP contribution < -0.4 is 4.72 Å². The molecule has 30 heavy (non-hydrogen) atoms. The lowest BCUT2D eigenvalue weighted by Crippen LogP contribution is -2.50. The van der Waals surface area contributed by atoms with Crippen molar-refractivity contribution < 1.29 is 18.0 Å². The molecule has 2 saturated heterocycles. The number of rotatable bonds is 6. The summed E-state index contributed by atoms with van der Waals surface area (Å²) in [6, 6.07) is 6.79. The Hall–Kier alpha value is -1.93. The number of piperidine rings is 2. The Morgan fingerprint density at radius 3 is 2.40 bits per heavy atom. The van der Waals surface area contributed by atoms with Crippen LogP contribution in [0, 0.1) is 18.8 Å². The Bertz CT molecular complexity index is 854. The maximum Gasteiger partial charge on any atom is 0.240 e. The molecular weight excluding hydrogens is 402 g/mol. The number of hydrogen-bond acceptors (Lipinski definition) is 4. The molecule has 2 heterocycles. The fourth-order valence-electron chi connectivity index (χ4n) is 4.35. The minimum absolute atomic E-state index is 0.0971. The molecule has 0 spiro atoms. The lowest BCUT2D eigenvalue weighted by atomic mass is 9.93. The monoisotopic (exact) mass is 435 g/mol. The minimum Gasteiger partial charge on any atom is -0.342 e. The molecule has 2 aliphatic heterocycles. The Kier molecular flexibility index (Phi) is 7.52. The molecule has 2 amide bonds. The van der Waals surface area contributed by atoms with Crippen molar-refractivity contribution in [2.24, 2.45) is 11.8 Å². The summed E-state index contributed by atoms with van der Waals surface area (Å²) in [5, 5.41) is 0. The summed E-state index contributed by atoms with van der Waals surface area (Å²) < 4.78 is 27.8. The van der Waals surface area contributed by atoms with E-state index < -0.39 is 10.0 Å². The van der Waals surface area contributed by atoms with Gasteiger partial charge in [-0.3, -0.25) is 9.59 Å². The van der Waals surface area contributed by atoms with Gasteiger partial charge >= 0.3 is 0 Å². The minimum atomic E-state index is -3.55. The number of amides is 2. The third kappa shape index (κ3) is 5.60. The average molecular weight is 436 g/mol. The average Bonchev–Trinajstić information content (AvgIpc) is 2.77. The van der Waals surface area contributed by atoms with Gasteiger partial charge in [-0.15, -0.1) is 0 Å². The summed E-state index contributed by atoms with van der Waals surface area (Å²) in [7, 11) is -3.55. The van der Waals surface area contributed by atoms with Crippen LogP contribution in [0.4, 0.5) is 0 Å². The van der Waals surface area contributed by atoms with Crippen molar-refractivity contribution in [2.75, 3.05) is 32.7 Å². The molecule has 7 nitrogen and oxygen atoms in total. The molecule has 166 valence electrons. The quantitative estimate of drug-likeness (QED) is 0.742. The normalized spacial score (nSPS) is 22.7. The van der Waals surface area contributed by atoms with Gasteiger partial charge in [-0.25, -0.2) is 13.1 Å². The number of likely N-dealkylation sites (tertiary alicyclic amines) is 2. The van der Waals surface area contributed by atoms with E-state index in [0.717, 1.165) is 37.8 Å². The standard InChI is InChI=1S/C22H33N3O4S/c1-3-21(26)24-12-5-7-19(16-24)22(27)25-13-4-6-18(15-25)14-23-30(28,29)20-10-8-17(2)9-11-20/h8-11,18-19,23H,3-7,12-16H2,1-2H3. The van der Waals surface area contributed by atoms with Gasteiger partial charge in [0.1, 0.15) is 0 Å². The Balaban J connectivity index is 1.55. The Labute approximate surface area is 179 Å². The molecule has 1 aromatic rings. The SMILES string of the molecule is CCC(=O)N1CCCC(C(=O)N2CCCC(CNS(=O)(=O)c3ccc(C)cc3)C2)C1. The Morgan fingerprint density at radius 2 is 1.70 bits per heavy atom. The van der Waals surface area contributed by atoms with Crippen molar-refractivity contribution in [1.29, 1.82) is 0 Å². The maximum atomic E-state index is 13.1. The van der Waals surface area contributed by atoms with E-state index >= 15 is 0 Å². The first-order valence-electron chi connectivity index (χ1n) is 10.9. The van der Waals surface area contributed by atoms with Crippen LogP contribution in [0.15, 0.2) is 29.2 Å².